The number of nitriles is 1. The summed E-state index contributed by atoms with van der Waals surface area (Å²) in [4.78, 5) is 10.1. The zero-order chi connectivity index (χ0) is 10.7. The van der Waals surface area contributed by atoms with E-state index in [1.165, 1.54) is 18.2 Å². The van der Waals surface area contributed by atoms with E-state index in [2.05, 4.69) is 0 Å². The molecule has 0 bridgehead atoms. The minimum atomic E-state index is -0.500. The van der Waals surface area contributed by atoms with Crippen LogP contribution in [-0.2, 0) is 0 Å². The standard InChI is InChI=1S/C9H9N3O2/c1-6(11)8-4-7(5-10)2-3-9(8)12(13)14/h2-4,6H,11H2,1H3/t6-/m1/s1. The van der Waals surface area contributed by atoms with E-state index in [1.807, 2.05) is 6.07 Å². The summed E-state index contributed by atoms with van der Waals surface area (Å²) in [5, 5.41) is 19.2. The summed E-state index contributed by atoms with van der Waals surface area (Å²) in [5.74, 6) is 0. The van der Waals surface area contributed by atoms with E-state index < -0.39 is 11.0 Å². The van der Waals surface area contributed by atoms with Gasteiger partial charge in [-0.15, -0.1) is 0 Å². The molecule has 0 fully saturated rings. The molecule has 0 unspecified atom stereocenters. The Hall–Kier alpha value is -1.93. The Balaban J connectivity index is 3.33. The quantitative estimate of drug-likeness (QED) is 0.566. The predicted molar refractivity (Wildman–Crippen MR) is 50.4 cm³/mol. The van der Waals surface area contributed by atoms with Crippen LogP contribution in [0.15, 0.2) is 18.2 Å². The van der Waals surface area contributed by atoms with Crippen molar-refractivity contribution in [2.24, 2.45) is 5.73 Å². The van der Waals surface area contributed by atoms with Gasteiger partial charge < -0.3 is 5.73 Å². The van der Waals surface area contributed by atoms with Crippen molar-refractivity contribution in [3.63, 3.8) is 0 Å². The summed E-state index contributed by atoms with van der Waals surface area (Å²) in [6, 6.07) is 5.61. The van der Waals surface area contributed by atoms with E-state index in [9.17, 15) is 10.1 Å². The summed E-state index contributed by atoms with van der Waals surface area (Å²) in [6.45, 7) is 1.64. The molecule has 0 saturated heterocycles. The third-order valence-corrected chi connectivity index (χ3v) is 1.84. The van der Waals surface area contributed by atoms with Crippen LogP contribution in [0.3, 0.4) is 0 Å². The van der Waals surface area contributed by atoms with Crippen molar-refractivity contribution in [1.29, 1.82) is 5.26 Å². The molecule has 1 atom stereocenters. The maximum atomic E-state index is 10.6. The summed E-state index contributed by atoms with van der Waals surface area (Å²) >= 11 is 0. The highest BCUT2D eigenvalue weighted by molar-refractivity contribution is 5.47. The molecule has 5 heteroatoms. The molecule has 0 saturated carbocycles. The van der Waals surface area contributed by atoms with Crippen LogP contribution < -0.4 is 5.73 Å². The molecule has 0 aliphatic rings. The van der Waals surface area contributed by atoms with E-state index >= 15 is 0 Å². The Morgan fingerprint density at radius 3 is 2.71 bits per heavy atom. The normalized spacial score (nSPS) is 11.8. The summed E-state index contributed by atoms with van der Waals surface area (Å²) in [5.41, 5.74) is 6.28. The first-order valence-electron chi connectivity index (χ1n) is 4.00. The molecule has 0 aromatic heterocycles. The van der Waals surface area contributed by atoms with Gasteiger partial charge in [0.2, 0.25) is 0 Å². The first-order chi connectivity index (χ1) is 6.56. The molecule has 1 aromatic rings. The molecular weight excluding hydrogens is 182 g/mol. The van der Waals surface area contributed by atoms with Crippen molar-refractivity contribution in [2.75, 3.05) is 0 Å². The Morgan fingerprint density at radius 2 is 2.29 bits per heavy atom. The van der Waals surface area contributed by atoms with Crippen molar-refractivity contribution in [3.05, 3.63) is 39.4 Å². The number of nitro groups is 1. The average molecular weight is 191 g/mol. The molecular formula is C9H9N3O2. The van der Waals surface area contributed by atoms with Crippen LogP contribution in [0, 0.1) is 21.4 Å². The van der Waals surface area contributed by atoms with E-state index in [4.69, 9.17) is 11.0 Å². The summed E-state index contributed by atoms with van der Waals surface area (Å²) in [6.07, 6.45) is 0. The van der Waals surface area contributed by atoms with Crippen molar-refractivity contribution in [1.82, 2.24) is 0 Å². The predicted octanol–water partition coefficient (Wildman–Crippen LogP) is 1.49. The second-order valence-corrected chi connectivity index (χ2v) is 2.93. The van der Waals surface area contributed by atoms with Crippen molar-refractivity contribution in [2.45, 2.75) is 13.0 Å². The highest BCUT2D eigenvalue weighted by Gasteiger charge is 2.16. The molecule has 0 aliphatic carbocycles. The molecule has 0 spiro atoms. The van der Waals surface area contributed by atoms with Crippen LogP contribution in [0.5, 0.6) is 0 Å². The number of hydrogen-bond acceptors (Lipinski definition) is 4. The number of nitro benzene ring substituents is 1. The highest BCUT2D eigenvalue weighted by Crippen LogP contribution is 2.24. The van der Waals surface area contributed by atoms with Crippen molar-refractivity contribution >= 4 is 5.69 Å². The lowest BCUT2D eigenvalue weighted by molar-refractivity contribution is -0.385. The van der Waals surface area contributed by atoms with Crippen LogP contribution in [0.25, 0.3) is 0 Å². The number of nitrogens with two attached hydrogens (primary N) is 1. The van der Waals surface area contributed by atoms with Gasteiger partial charge in [-0.2, -0.15) is 5.26 Å². The van der Waals surface area contributed by atoms with Gasteiger partial charge in [0.15, 0.2) is 0 Å². The monoisotopic (exact) mass is 191 g/mol. The maximum Gasteiger partial charge on any atom is 0.274 e. The minimum absolute atomic E-state index is 0.0426. The second kappa shape index (κ2) is 3.85. The summed E-state index contributed by atoms with van der Waals surface area (Å²) in [7, 11) is 0. The highest BCUT2D eigenvalue weighted by atomic mass is 16.6. The lowest BCUT2D eigenvalue weighted by atomic mass is 10.0. The first kappa shape index (κ1) is 10.2. The first-order valence-corrected chi connectivity index (χ1v) is 4.00. The lowest BCUT2D eigenvalue weighted by Gasteiger charge is -2.06. The average Bonchev–Trinajstić information content (AvgIpc) is 2.16. The molecule has 14 heavy (non-hydrogen) atoms. The van der Waals surface area contributed by atoms with E-state index in [0.717, 1.165) is 0 Å². The SMILES string of the molecule is C[C@@H](N)c1cc(C#N)ccc1[N+](=O)[O-]. The Kier molecular flexibility index (Phi) is 2.79. The van der Waals surface area contributed by atoms with Gasteiger partial charge in [0.25, 0.3) is 5.69 Å². The smallest absolute Gasteiger partial charge is 0.274 e. The van der Waals surface area contributed by atoms with Gasteiger partial charge in [-0.3, -0.25) is 10.1 Å². The van der Waals surface area contributed by atoms with Gasteiger partial charge in [-0.1, -0.05) is 0 Å². The van der Waals surface area contributed by atoms with E-state index in [1.54, 1.807) is 6.92 Å². The molecule has 1 rings (SSSR count). The number of hydrogen-bond donors (Lipinski definition) is 1. The molecule has 0 amide bonds. The Bertz CT molecular complexity index is 407. The van der Waals surface area contributed by atoms with Gasteiger partial charge in [0.1, 0.15) is 0 Å². The molecule has 72 valence electrons. The third-order valence-electron chi connectivity index (χ3n) is 1.84. The van der Waals surface area contributed by atoms with Gasteiger partial charge in [-0.05, 0) is 19.1 Å². The van der Waals surface area contributed by atoms with Crippen molar-refractivity contribution in [3.8, 4) is 6.07 Å². The fraction of sp³-hybridized carbons (Fsp3) is 0.222. The zero-order valence-corrected chi connectivity index (χ0v) is 7.60. The fourth-order valence-corrected chi connectivity index (χ4v) is 1.16. The molecule has 0 aliphatic heterocycles. The number of rotatable bonds is 2. The zero-order valence-electron chi connectivity index (χ0n) is 7.60. The topological polar surface area (TPSA) is 93.0 Å². The van der Waals surface area contributed by atoms with E-state index in [-0.39, 0.29) is 5.69 Å². The third kappa shape index (κ3) is 1.87. The minimum Gasteiger partial charge on any atom is -0.324 e. The molecule has 0 heterocycles. The number of benzene rings is 1. The second-order valence-electron chi connectivity index (χ2n) is 2.93. The Morgan fingerprint density at radius 1 is 1.64 bits per heavy atom. The van der Waals surface area contributed by atoms with Gasteiger partial charge in [-0.25, -0.2) is 0 Å². The molecule has 1 aromatic carbocycles. The van der Waals surface area contributed by atoms with Gasteiger partial charge in [0.05, 0.1) is 16.6 Å². The molecule has 0 radical (unpaired) electrons. The Labute approximate surface area is 80.9 Å². The largest absolute Gasteiger partial charge is 0.324 e. The van der Waals surface area contributed by atoms with Crippen LogP contribution >= 0.6 is 0 Å². The number of nitrogens with zero attached hydrogens (tertiary/aromatic N) is 2. The fourth-order valence-electron chi connectivity index (χ4n) is 1.16. The summed E-state index contributed by atoms with van der Waals surface area (Å²) < 4.78 is 0. The lowest BCUT2D eigenvalue weighted by Crippen LogP contribution is -2.08. The van der Waals surface area contributed by atoms with Crippen LogP contribution in [0.2, 0.25) is 0 Å². The van der Waals surface area contributed by atoms with Gasteiger partial charge in [0, 0.05) is 17.7 Å². The maximum absolute atomic E-state index is 10.6. The van der Waals surface area contributed by atoms with Crippen LogP contribution in [0.4, 0.5) is 5.69 Å². The van der Waals surface area contributed by atoms with Crippen LogP contribution in [0.1, 0.15) is 24.1 Å². The van der Waals surface area contributed by atoms with E-state index in [0.29, 0.717) is 11.1 Å². The molecule has 2 N–H and O–H groups in total. The van der Waals surface area contributed by atoms with Crippen LogP contribution in [-0.4, -0.2) is 4.92 Å². The molecule has 5 nitrogen and oxygen atoms in total. The van der Waals surface area contributed by atoms with Gasteiger partial charge >= 0.3 is 0 Å². The van der Waals surface area contributed by atoms with Crippen molar-refractivity contribution < 1.29 is 4.92 Å².